The Morgan fingerprint density at radius 3 is 2.90 bits per heavy atom. The van der Waals surface area contributed by atoms with Crippen LogP contribution in [0.3, 0.4) is 0 Å². The van der Waals surface area contributed by atoms with Crippen LogP contribution >= 0.6 is 11.8 Å². The van der Waals surface area contributed by atoms with Crippen LogP contribution in [0.25, 0.3) is 11.0 Å². The van der Waals surface area contributed by atoms with Gasteiger partial charge in [-0.3, -0.25) is 9.59 Å². The van der Waals surface area contributed by atoms with Crippen molar-refractivity contribution < 1.29 is 4.79 Å². The fourth-order valence-corrected chi connectivity index (χ4v) is 4.70. The van der Waals surface area contributed by atoms with Crippen LogP contribution in [0.15, 0.2) is 29.1 Å². The predicted octanol–water partition coefficient (Wildman–Crippen LogP) is 3.28. The molecule has 0 radical (unpaired) electrons. The molecule has 29 heavy (non-hydrogen) atoms. The van der Waals surface area contributed by atoms with Gasteiger partial charge >= 0.3 is 0 Å². The minimum atomic E-state index is -0.0882. The van der Waals surface area contributed by atoms with Crippen molar-refractivity contribution in [2.45, 2.75) is 46.1 Å². The first-order valence-corrected chi connectivity index (χ1v) is 11.9. The zero-order valence-corrected chi connectivity index (χ0v) is 18.3. The van der Waals surface area contributed by atoms with Gasteiger partial charge in [-0.2, -0.15) is 11.8 Å². The molecule has 1 aromatic heterocycles. The number of carbonyl (C=O) groups is 1. The highest BCUT2D eigenvalue weighted by Gasteiger charge is 2.28. The maximum atomic E-state index is 13.0. The van der Waals surface area contributed by atoms with Crippen LogP contribution in [-0.4, -0.2) is 46.6 Å². The zero-order chi connectivity index (χ0) is 20.6. The van der Waals surface area contributed by atoms with Gasteiger partial charge in [0.2, 0.25) is 5.91 Å². The van der Waals surface area contributed by atoms with Gasteiger partial charge in [0.1, 0.15) is 0 Å². The molecule has 1 aliphatic rings. The van der Waals surface area contributed by atoms with E-state index in [1.54, 1.807) is 4.57 Å². The highest BCUT2D eigenvalue weighted by molar-refractivity contribution is 7.99. The molecule has 158 valence electrons. The molecular formula is C22H32N4O2S. The number of piperidine rings is 1. The second-order valence-electron chi connectivity index (χ2n) is 7.52. The van der Waals surface area contributed by atoms with Crippen LogP contribution < -0.4 is 15.8 Å². The van der Waals surface area contributed by atoms with Crippen LogP contribution in [0.4, 0.5) is 5.82 Å². The number of aromatic nitrogens is 2. The Bertz CT molecular complexity index is 883. The van der Waals surface area contributed by atoms with Crippen LogP contribution in [0.1, 0.15) is 39.5 Å². The summed E-state index contributed by atoms with van der Waals surface area (Å²) in [4.78, 5) is 32.3. The van der Waals surface area contributed by atoms with Crippen LogP contribution in [0.2, 0.25) is 0 Å². The van der Waals surface area contributed by atoms with E-state index in [1.807, 2.05) is 47.9 Å². The topological polar surface area (TPSA) is 67.2 Å². The molecule has 3 rings (SSSR count). The summed E-state index contributed by atoms with van der Waals surface area (Å²) in [6.45, 7) is 6.81. The molecule has 6 nitrogen and oxygen atoms in total. The normalized spacial score (nSPS) is 16.9. The first kappa shape index (κ1) is 21.7. The highest BCUT2D eigenvalue weighted by atomic mass is 32.2. The third-order valence-corrected chi connectivity index (χ3v) is 6.63. The molecule has 1 N–H and O–H groups in total. The number of rotatable bonds is 9. The molecule has 1 atom stereocenters. The smallest absolute Gasteiger partial charge is 0.293 e. The maximum absolute atomic E-state index is 13.0. The molecule has 0 spiro atoms. The molecule has 0 saturated carbocycles. The molecule has 1 saturated heterocycles. The SMILES string of the molecule is CCCSCCCNC(=O)[C@H]1CCCN(c2nc3ccccc3n(CC)c2=O)C1. The van der Waals surface area contributed by atoms with Crippen LogP contribution in [0.5, 0.6) is 0 Å². The van der Waals surface area contributed by atoms with Gasteiger partial charge in [-0.05, 0) is 56.2 Å². The van der Waals surface area contributed by atoms with E-state index >= 15 is 0 Å². The summed E-state index contributed by atoms with van der Waals surface area (Å²) < 4.78 is 1.77. The minimum absolute atomic E-state index is 0.0693. The summed E-state index contributed by atoms with van der Waals surface area (Å²) in [5.41, 5.74) is 1.61. The Morgan fingerprint density at radius 2 is 2.10 bits per heavy atom. The number of thioether (sulfide) groups is 1. The molecular weight excluding hydrogens is 384 g/mol. The van der Waals surface area contributed by atoms with Crippen molar-refractivity contribution in [3.8, 4) is 0 Å². The van der Waals surface area contributed by atoms with Crippen molar-refractivity contribution in [3.05, 3.63) is 34.6 Å². The minimum Gasteiger partial charge on any atom is -0.356 e. The van der Waals surface area contributed by atoms with Crippen molar-refractivity contribution in [2.24, 2.45) is 5.92 Å². The van der Waals surface area contributed by atoms with Gasteiger partial charge in [0.15, 0.2) is 5.82 Å². The van der Waals surface area contributed by atoms with E-state index in [1.165, 1.54) is 12.2 Å². The van der Waals surface area contributed by atoms with E-state index in [0.29, 0.717) is 18.9 Å². The number of nitrogens with zero attached hydrogens (tertiary/aromatic N) is 3. The second-order valence-corrected chi connectivity index (χ2v) is 8.74. The molecule has 1 fully saturated rings. The lowest BCUT2D eigenvalue weighted by atomic mass is 9.97. The number of fused-ring (bicyclic) bond motifs is 1. The fraction of sp³-hybridized carbons (Fsp3) is 0.591. The molecule has 1 aliphatic heterocycles. The molecule has 0 unspecified atom stereocenters. The average Bonchev–Trinajstić information content (AvgIpc) is 2.75. The third kappa shape index (κ3) is 5.32. The van der Waals surface area contributed by atoms with Gasteiger partial charge in [-0.15, -0.1) is 0 Å². The molecule has 1 aromatic carbocycles. The van der Waals surface area contributed by atoms with E-state index in [0.717, 1.165) is 49.1 Å². The Hall–Kier alpha value is -2.02. The van der Waals surface area contributed by atoms with E-state index in [-0.39, 0.29) is 17.4 Å². The van der Waals surface area contributed by atoms with Crippen molar-refractivity contribution in [1.29, 1.82) is 0 Å². The molecule has 1 amide bonds. The van der Waals surface area contributed by atoms with E-state index in [2.05, 4.69) is 17.2 Å². The van der Waals surface area contributed by atoms with Gasteiger partial charge in [0.05, 0.1) is 17.0 Å². The van der Waals surface area contributed by atoms with Gasteiger partial charge in [0, 0.05) is 26.2 Å². The first-order chi connectivity index (χ1) is 14.2. The summed E-state index contributed by atoms with van der Waals surface area (Å²) in [5, 5.41) is 3.09. The molecule has 0 bridgehead atoms. The lowest BCUT2D eigenvalue weighted by molar-refractivity contribution is -0.125. The lowest BCUT2D eigenvalue weighted by Gasteiger charge is -2.32. The van der Waals surface area contributed by atoms with E-state index < -0.39 is 0 Å². The maximum Gasteiger partial charge on any atom is 0.293 e. The average molecular weight is 417 g/mol. The number of hydrogen-bond donors (Lipinski definition) is 1. The van der Waals surface area contributed by atoms with E-state index in [9.17, 15) is 9.59 Å². The van der Waals surface area contributed by atoms with Crippen LogP contribution in [-0.2, 0) is 11.3 Å². The number of nitrogens with one attached hydrogen (secondary N) is 1. The molecule has 2 aromatic rings. The van der Waals surface area contributed by atoms with Gasteiger partial charge in [0.25, 0.3) is 5.56 Å². The Labute approximate surface area is 177 Å². The van der Waals surface area contributed by atoms with E-state index in [4.69, 9.17) is 0 Å². The molecule has 2 heterocycles. The molecule has 7 heteroatoms. The Morgan fingerprint density at radius 1 is 1.28 bits per heavy atom. The number of anilines is 1. The Balaban J connectivity index is 1.67. The first-order valence-electron chi connectivity index (χ1n) is 10.8. The number of hydrogen-bond acceptors (Lipinski definition) is 5. The number of amides is 1. The number of benzene rings is 1. The van der Waals surface area contributed by atoms with Crippen molar-refractivity contribution in [1.82, 2.24) is 14.9 Å². The summed E-state index contributed by atoms with van der Waals surface area (Å²) >= 11 is 1.94. The number of para-hydroxylation sites is 2. The van der Waals surface area contributed by atoms with Gasteiger partial charge < -0.3 is 14.8 Å². The van der Waals surface area contributed by atoms with Crippen molar-refractivity contribution >= 4 is 34.5 Å². The summed E-state index contributed by atoms with van der Waals surface area (Å²) in [6, 6.07) is 7.74. The largest absolute Gasteiger partial charge is 0.356 e. The second kappa shape index (κ2) is 10.7. The predicted molar refractivity (Wildman–Crippen MR) is 122 cm³/mol. The van der Waals surface area contributed by atoms with Gasteiger partial charge in [-0.1, -0.05) is 19.1 Å². The molecule has 0 aliphatic carbocycles. The summed E-state index contributed by atoms with van der Waals surface area (Å²) in [5.74, 6) is 2.75. The Kier molecular flexibility index (Phi) is 7.98. The lowest BCUT2D eigenvalue weighted by Crippen LogP contribution is -2.45. The van der Waals surface area contributed by atoms with Crippen molar-refractivity contribution in [3.63, 3.8) is 0 Å². The monoisotopic (exact) mass is 416 g/mol. The number of carbonyl (C=O) groups excluding carboxylic acids is 1. The fourth-order valence-electron chi connectivity index (χ4n) is 3.86. The summed E-state index contributed by atoms with van der Waals surface area (Å²) in [7, 11) is 0. The summed E-state index contributed by atoms with van der Waals surface area (Å²) in [6.07, 6.45) is 3.95. The standard InChI is InChI=1S/C22H32N4O2S/c1-3-14-29-15-8-12-23-21(27)17-9-7-13-25(16-17)20-22(28)26(4-2)19-11-6-5-10-18(19)24-20/h5-6,10-11,17H,3-4,7-9,12-16H2,1-2H3,(H,23,27)/t17-/m0/s1. The zero-order valence-electron chi connectivity index (χ0n) is 17.5. The van der Waals surface area contributed by atoms with Crippen molar-refractivity contribution in [2.75, 3.05) is 36.0 Å². The third-order valence-electron chi connectivity index (χ3n) is 5.36. The van der Waals surface area contributed by atoms with Crippen LogP contribution in [0, 0.1) is 5.92 Å². The number of aryl methyl sites for hydroxylation is 1. The highest BCUT2D eigenvalue weighted by Crippen LogP contribution is 2.22. The quantitative estimate of drug-likeness (QED) is 0.636. The van der Waals surface area contributed by atoms with Gasteiger partial charge in [-0.25, -0.2) is 4.98 Å².